The molecule has 1 aromatic carbocycles. The molecule has 0 heterocycles. The largest absolute Gasteiger partial charge is 0.497 e. The second-order valence-electron chi connectivity index (χ2n) is 10.2. The van der Waals surface area contributed by atoms with Crippen molar-refractivity contribution >= 4 is 25.9 Å². The van der Waals surface area contributed by atoms with Gasteiger partial charge in [-0.05, 0) is 50.1 Å². The number of likely N-dealkylation sites (N-methyl/N-ethyl adjacent to an activating group) is 1. The molecule has 0 aromatic heterocycles. The summed E-state index contributed by atoms with van der Waals surface area (Å²) in [6.07, 6.45) is -0.305. The van der Waals surface area contributed by atoms with E-state index in [9.17, 15) is 14.4 Å². The smallest absolute Gasteiger partial charge is 0.410 e. The van der Waals surface area contributed by atoms with Gasteiger partial charge in [-0.1, -0.05) is 25.7 Å². The molecular formula is C23H35NO6Si. The first kappa shape index (κ1) is 24.9. The quantitative estimate of drug-likeness (QED) is 0.371. The Morgan fingerprint density at radius 2 is 1.84 bits per heavy atom. The number of hydrogen-bond donors (Lipinski definition) is 0. The Kier molecular flexibility index (Phi) is 7.57. The van der Waals surface area contributed by atoms with Gasteiger partial charge < -0.3 is 19.1 Å². The number of fused-ring (bicyclic) bond motifs is 1. The van der Waals surface area contributed by atoms with E-state index in [4.69, 9.17) is 14.2 Å². The van der Waals surface area contributed by atoms with Crippen LogP contribution in [0.1, 0.15) is 37.8 Å². The molecule has 0 spiro atoms. The average molecular weight is 450 g/mol. The summed E-state index contributed by atoms with van der Waals surface area (Å²) < 4.78 is 16.2. The summed E-state index contributed by atoms with van der Waals surface area (Å²) in [5.74, 6) is -1.49. The van der Waals surface area contributed by atoms with Gasteiger partial charge in [0, 0.05) is 21.5 Å². The SMILES string of the molecule is COc1ccc2c(c1)C(C(=O)OCC[Si](C)(C)C)C(=O)[C@H](N(C)C(=O)OC(C)(C)C)C2. The van der Waals surface area contributed by atoms with Crippen molar-refractivity contribution in [3.05, 3.63) is 29.3 Å². The molecule has 0 fully saturated rings. The molecule has 0 bridgehead atoms. The van der Waals surface area contributed by atoms with E-state index in [1.807, 2.05) is 6.07 Å². The first-order valence-corrected chi connectivity index (χ1v) is 14.3. The Hall–Kier alpha value is -2.35. The molecule has 8 heteroatoms. The van der Waals surface area contributed by atoms with Gasteiger partial charge in [-0.15, -0.1) is 0 Å². The Morgan fingerprint density at radius 3 is 2.39 bits per heavy atom. The van der Waals surface area contributed by atoms with Gasteiger partial charge in [0.1, 0.15) is 17.3 Å². The van der Waals surface area contributed by atoms with Gasteiger partial charge in [-0.25, -0.2) is 4.79 Å². The van der Waals surface area contributed by atoms with E-state index in [2.05, 4.69) is 19.6 Å². The molecule has 172 valence electrons. The number of methoxy groups -OCH3 is 1. The summed E-state index contributed by atoms with van der Waals surface area (Å²) in [5.41, 5.74) is 0.702. The van der Waals surface area contributed by atoms with E-state index in [-0.39, 0.29) is 12.4 Å². The number of benzene rings is 1. The zero-order valence-corrected chi connectivity index (χ0v) is 20.9. The van der Waals surface area contributed by atoms with Crippen LogP contribution in [0.4, 0.5) is 4.79 Å². The van der Waals surface area contributed by atoms with Crippen LogP contribution in [0, 0.1) is 0 Å². The molecule has 1 unspecified atom stereocenters. The number of carbonyl (C=O) groups is 3. The lowest BCUT2D eigenvalue weighted by Gasteiger charge is -2.35. The van der Waals surface area contributed by atoms with Crippen LogP contribution in [0.25, 0.3) is 0 Å². The zero-order valence-electron chi connectivity index (χ0n) is 19.9. The van der Waals surface area contributed by atoms with Crippen molar-refractivity contribution in [2.45, 2.75) is 70.4 Å². The summed E-state index contributed by atoms with van der Waals surface area (Å²) in [6, 6.07) is 5.32. The maximum atomic E-state index is 13.4. The van der Waals surface area contributed by atoms with Gasteiger partial charge in [-0.2, -0.15) is 0 Å². The van der Waals surface area contributed by atoms with Crippen molar-refractivity contribution in [2.24, 2.45) is 0 Å². The fourth-order valence-corrected chi connectivity index (χ4v) is 4.10. The summed E-state index contributed by atoms with van der Waals surface area (Å²) in [7, 11) is 1.66. The van der Waals surface area contributed by atoms with Crippen LogP contribution in [-0.4, -0.2) is 63.2 Å². The topological polar surface area (TPSA) is 82.1 Å². The molecule has 0 aliphatic heterocycles. The lowest BCUT2D eigenvalue weighted by molar-refractivity contribution is -0.149. The molecule has 2 atom stereocenters. The molecule has 7 nitrogen and oxygen atoms in total. The Labute approximate surface area is 186 Å². The van der Waals surface area contributed by atoms with Gasteiger partial charge in [0.05, 0.1) is 19.8 Å². The standard InChI is InChI=1S/C23H35NO6Si/c1-23(2,3)30-22(27)24(4)18-13-15-9-10-16(28-5)14-17(15)19(20(18)25)21(26)29-11-12-31(6,7)8/h9-10,14,18-19H,11-13H2,1-8H3/t18-,19?/m1/s1. The molecule has 2 rings (SSSR count). The van der Waals surface area contributed by atoms with Crippen LogP contribution in [0.15, 0.2) is 18.2 Å². The van der Waals surface area contributed by atoms with E-state index in [0.717, 1.165) is 11.6 Å². The van der Waals surface area contributed by atoms with Crippen LogP contribution in [-0.2, 0) is 25.5 Å². The summed E-state index contributed by atoms with van der Waals surface area (Å²) in [6.45, 7) is 12.2. The normalized spacial score (nSPS) is 18.8. The van der Waals surface area contributed by atoms with Crippen LogP contribution in [0.3, 0.4) is 0 Å². The minimum atomic E-state index is -1.40. The highest BCUT2D eigenvalue weighted by Gasteiger charge is 2.44. The third-order valence-electron chi connectivity index (χ3n) is 5.17. The molecule has 0 radical (unpaired) electrons. The first-order valence-electron chi connectivity index (χ1n) is 10.6. The maximum absolute atomic E-state index is 13.4. The molecule has 0 saturated heterocycles. The van der Waals surface area contributed by atoms with Crippen molar-refractivity contribution in [1.29, 1.82) is 0 Å². The highest BCUT2D eigenvalue weighted by Crippen LogP contribution is 2.35. The lowest BCUT2D eigenvalue weighted by atomic mass is 9.78. The number of hydrogen-bond acceptors (Lipinski definition) is 6. The van der Waals surface area contributed by atoms with E-state index in [1.54, 1.807) is 32.9 Å². The average Bonchev–Trinajstić information content (AvgIpc) is 2.63. The second-order valence-corrected chi connectivity index (χ2v) is 15.8. The van der Waals surface area contributed by atoms with Crippen molar-refractivity contribution < 1.29 is 28.6 Å². The van der Waals surface area contributed by atoms with Gasteiger partial charge >= 0.3 is 12.1 Å². The third kappa shape index (κ3) is 6.56. The minimum absolute atomic E-state index is 0.282. The summed E-state index contributed by atoms with van der Waals surface area (Å²) >= 11 is 0. The van der Waals surface area contributed by atoms with Gasteiger partial charge in [0.25, 0.3) is 0 Å². The molecule has 31 heavy (non-hydrogen) atoms. The third-order valence-corrected chi connectivity index (χ3v) is 6.88. The van der Waals surface area contributed by atoms with Crippen molar-refractivity contribution in [2.75, 3.05) is 20.8 Å². The number of Topliss-reactive ketones (excluding diaryl/α,β-unsaturated/α-hetero) is 1. The first-order chi connectivity index (χ1) is 14.2. The number of ether oxygens (including phenoxy) is 3. The number of esters is 1. The van der Waals surface area contributed by atoms with Crippen LogP contribution in [0.2, 0.25) is 25.7 Å². The highest BCUT2D eigenvalue weighted by atomic mass is 28.3. The van der Waals surface area contributed by atoms with Crippen LogP contribution in [0.5, 0.6) is 5.75 Å². The monoisotopic (exact) mass is 449 g/mol. The van der Waals surface area contributed by atoms with E-state index < -0.39 is 37.7 Å². The molecular weight excluding hydrogens is 414 g/mol. The highest BCUT2D eigenvalue weighted by molar-refractivity contribution is 6.76. The fraction of sp³-hybridized carbons (Fsp3) is 0.609. The van der Waals surface area contributed by atoms with Crippen LogP contribution >= 0.6 is 0 Å². The molecule has 0 saturated carbocycles. The second kappa shape index (κ2) is 9.42. The van der Waals surface area contributed by atoms with Crippen molar-refractivity contribution in [1.82, 2.24) is 4.90 Å². The van der Waals surface area contributed by atoms with E-state index >= 15 is 0 Å². The van der Waals surface area contributed by atoms with Crippen molar-refractivity contribution in [3.63, 3.8) is 0 Å². The Balaban J connectivity index is 2.34. The van der Waals surface area contributed by atoms with E-state index in [0.29, 0.717) is 17.7 Å². The predicted molar refractivity (Wildman–Crippen MR) is 121 cm³/mol. The Bertz CT molecular complexity index is 839. The van der Waals surface area contributed by atoms with Gasteiger partial charge in [0.2, 0.25) is 0 Å². The Morgan fingerprint density at radius 1 is 1.19 bits per heavy atom. The number of rotatable bonds is 6. The lowest BCUT2D eigenvalue weighted by Crippen LogP contribution is -2.51. The van der Waals surface area contributed by atoms with Crippen LogP contribution < -0.4 is 4.74 Å². The molecule has 1 amide bonds. The number of carbonyl (C=O) groups excluding carboxylic acids is 3. The van der Waals surface area contributed by atoms with Gasteiger partial charge in [0.15, 0.2) is 5.78 Å². The number of amides is 1. The predicted octanol–water partition coefficient (Wildman–Crippen LogP) is 4.02. The maximum Gasteiger partial charge on any atom is 0.410 e. The van der Waals surface area contributed by atoms with Crippen molar-refractivity contribution in [3.8, 4) is 5.75 Å². The number of ketones is 1. The summed E-state index contributed by atoms with van der Waals surface area (Å²) in [5, 5.41) is 0. The molecule has 1 aliphatic carbocycles. The van der Waals surface area contributed by atoms with Gasteiger partial charge in [-0.3, -0.25) is 9.59 Å². The molecule has 0 N–H and O–H groups in total. The summed E-state index contributed by atoms with van der Waals surface area (Å²) in [4.78, 5) is 40.3. The van der Waals surface area contributed by atoms with E-state index in [1.165, 1.54) is 19.1 Å². The number of nitrogens with zero attached hydrogens (tertiary/aromatic N) is 1. The molecule has 1 aliphatic rings. The minimum Gasteiger partial charge on any atom is -0.497 e. The zero-order chi connectivity index (χ0) is 23.6. The molecule has 1 aromatic rings. The fourth-order valence-electron chi connectivity index (χ4n) is 3.38.